The summed E-state index contributed by atoms with van der Waals surface area (Å²) in [6.45, 7) is 8.01. The summed E-state index contributed by atoms with van der Waals surface area (Å²) in [6, 6.07) is 18.5. The molecule has 1 aliphatic rings. The lowest BCUT2D eigenvalue weighted by molar-refractivity contribution is -0.139. The Labute approximate surface area is 273 Å². The van der Waals surface area contributed by atoms with E-state index in [1.54, 1.807) is 37.7 Å². The SMILES string of the molecule is C=CCc1cc(/C=c2/sc3n(c2=O)[C@@H](c2cc(OC)c(OC)cc2Br)C(C(=O)OCC)=C(C)N=3)ccc1OCc1ccccc1. The van der Waals surface area contributed by atoms with Crippen LogP contribution >= 0.6 is 27.3 Å². The van der Waals surface area contributed by atoms with Gasteiger partial charge in [0.2, 0.25) is 0 Å². The van der Waals surface area contributed by atoms with Crippen LogP contribution in [0.4, 0.5) is 0 Å². The maximum absolute atomic E-state index is 14.2. The summed E-state index contributed by atoms with van der Waals surface area (Å²) in [7, 11) is 3.08. The van der Waals surface area contributed by atoms with E-state index in [2.05, 4.69) is 27.5 Å². The minimum absolute atomic E-state index is 0.179. The Balaban J connectivity index is 1.62. The zero-order valence-electron chi connectivity index (χ0n) is 25.5. The monoisotopic (exact) mass is 688 g/mol. The Bertz CT molecular complexity index is 1960. The van der Waals surface area contributed by atoms with Gasteiger partial charge in [0.05, 0.1) is 42.7 Å². The molecule has 0 radical (unpaired) electrons. The Kier molecular flexibility index (Phi) is 10.0. The predicted molar refractivity (Wildman–Crippen MR) is 179 cm³/mol. The van der Waals surface area contributed by atoms with Crippen LogP contribution < -0.4 is 29.1 Å². The van der Waals surface area contributed by atoms with E-state index in [1.807, 2.05) is 60.7 Å². The molecule has 0 saturated carbocycles. The van der Waals surface area contributed by atoms with Gasteiger partial charge >= 0.3 is 5.97 Å². The molecular weight excluding hydrogens is 656 g/mol. The van der Waals surface area contributed by atoms with Crippen LogP contribution in [0, 0.1) is 0 Å². The molecule has 0 aliphatic carbocycles. The quantitative estimate of drug-likeness (QED) is 0.144. The normalized spacial score (nSPS) is 14.4. The van der Waals surface area contributed by atoms with Gasteiger partial charge in [-0.3, -0.25) is 9.36 Å². The number of hydrogen-bond acceptors (Lipinski definition) is 8. The minimum atomic E-state index is -0.818. The molecule has 0 fully saturated rings. The van der Waals surface area contributed by atoms with Crippen LogP contribution in [-0.4, -0.2) is 31.4 Å². The molecular formula is C35H33BrN2O6S. The van der Waals surface area contributed by atoms with Crippen LogP contribution in [-0.2, 0) is 22.6 Å². The highest BCUT2D eigenvalue weighted by atomic mass is 79.9. The average Bonchev–Trinajstić information content (AvgIpc) is 3.34. The van der Waals surface area contributed by atoms with Crippen molar-refractivity contribution < 1.29 is 23.7 Å². The number of fused-ring (bicyclic) bond motifs is 1. The van der Waals surface area contributed by atoms with Gasteiger partial charge in [0, 0.05) is 4.47 Å². The van der Waals surface area contributed by atoms with E-state index in [9.17, 15) is 9.59 Å². The second-order valence-electron chi connectivity index (χ2n) is 10.2. The summed E-state index contributed by atoms with van der Waals surface area (Å²) in [5, 5.41) is 0. The molecule has 45 heavy (non-hydrogen) atoms. The molecule has 10 heteroatoms. The molecule has 1 atom stereocenters. The Morgan fingerprint density at radius 1 is 1.07 bits per heavy atom. The number of methoxy groups -OCH3 is 2. The van der Waals surface area contributed by atoms with E-state index in [0.717, 1.165) is 22.4 Å². The van der Waals surface area contributed by atoms with Crippen molar-refractivity contribution in [3.8, 4) is 17.2 Å². The lowest BCUT2D eigenvalue weighted by atomic mass is 9.95. The van der Waals surface area contributed by atoms with Crippen molar-refractivity contribution in [3.63, 3.8) is 0 Å². The zero-order chi connectivity index (χ0) is 32.1. The van der Waals surface area contributed by atoms with E-state index in [-0.39, 0.29) is 17.7 Å². The van der Waals surface area contributed by atoms with Crippen molar-refractivity contribution in [3.05, 3.63) is 131 Å². The van der Waals surface area contributed by atoms with Crippen LogP contribution in [0.3, 0.4) is 0 Å². The highest BCUT2D eigenvalue weighted by Gasteiger charge is 2.35. The molecule has 0 unspecified atom stereocenters. The Hall–Kier alpha value is -4.41. The molecule has 0 N–H and O–H groups in total. The summed E-state index contributed by atoms with van der Waals surface area (Å²) < 4.78 is 25.2. The zero-order valence-corrected chi connectivity index (χ0v) is 27.9. The molecule has 0 bridgehead atoms. The van der Waals surface area contributed by atoms with E-state index in [4.69, 9.17) is 18.9 Å². The summed E-state index contributed by atoms with van der Waals surface area (Å²) in [5.41, 5.74) is 3.95. The lowest BCUT2D eigenvalue weighted by Gasteiger charge is -2.26. The summed E-state index contributed by atoms with van der Waals surface area (Å²) >= 11 is 4.90. The van der Waals surface area contributed by atoms with Crippen molar-refractivity contribution in [1.29, 1.82) is 0 Å². The topological polar surface area (TPSA) is 88.4 Å². The number of aromatic nitrogens is 1. The molecule has 8 nitrogen and oxygen atoms in total. The number of thiazole rings is 1. The van der Waals surface area contributed by atoms with Crippen molar-refractivity contribution in [2.45, 2.75) is 32.9 Å². The molecule has 2 heterocycles. The number of esters is 1. The average molecular weight is 690 g/mol. The van der Waals surface area contributed by atoms with Crippen LogP contribution in [0.1, 0.15) is 42.1 Å². The van der Waals surface area contributed by atoms with Crippen LogP contribution in [0.15, 0.2) is 98.8 Å². The predicted octanol–water partition coefficient (Wildman–Crippen LogP) is 5.89. The summed E-state index contributed by atoms with van der Waals surface area (Å²) in [6.07, 6.45) is 4.26. The third-order valence-electron chi connectivity index (χ3n) is 7.30. The highest BCUT2D eigenvalue weighted by Crippen LogP contribution is 2.40. The lowest BCUT2D eigenvalue weighted by Crippen LogP contribution is -2.40. The molecule has 1 aromatic heterocycles. The van der Waals surface area contributed by atoms with Crippen molar-refractivity contribution in [2.75, 3.05) is 20.8 Å². The number of ether oxygens (including phenoxy) is 4. The van der Waals surface area contributed by atoms with Crippen molar-refractivity contribution in [2.24, 2.45) is 4.99 Å². The second-order valence-corrected chi connectivity index (χ2v) is 12.0. The third kappa shape index (κ3) is 6.67. The first-order chi connectivity index (χ1) is 21.8. The maximum atomic E-state index is 14.2. The van der Waals surface area contributed by atoms with Gasteiger partial charge in [-0.25, -0.2) is 9.79 Å². The number of nitrogens with zero attached hydrogens (tertiary/aromatic N) is 2. The Morgan fingerprint density at radius 2 is 1.80 bits per heavy atom. The fourth-order valence-corrected chi connectivity index (χ4v) is 6.78. The largest absolute Gasteiger partial charge is 0.493 e. The smallest absolute Gasteiger partial charge is 0.338 e. The first kappa shape index (κ1) is 32.0. The van der Waals surface area contributed by atoms with E-state index in [1.165, 1.54) is 18.4 Å². The van der Waals surface area contributed by atoms with Gasteiger partial charge in [0.15, 0.2) is 16.3 Å². The number of hydrogen-bond donors (Lipinski definition) is 0. The Morgan fingerprint density at radius 3 is 2.49 bits per heavy atom. The second kappa shape index (κ2) is 14.1. The first-order valence-corrected chi connectivity index (χ1v) is 15.9. The van der Waals surface area contributed by atoms with Crippen molar-refractivity contribution >= 4 is 39.3 Å². The highest BCUT2D eigenvalue weighted by molar-refractivity contribution is 9.10. The third-order valence-corrected chi connectivity index (χ3v) is 8.97. The molecule has 1 aliphatic heterocycles. The molecule has 5 rings (SSSR count). The first-order valence-electron chi connectivity index (χ1n) is 14.3. The number of halogens is 1. The summed E-state index contributed by atoms with van der Waals surface area (Å²) in [4.78, 5) is 32.6. The maximum Gasteiger partial charge on any atom is 0.338 e. The van der Waals surface area contributed by atoms with Gasteiger partial charge in [-0.15, -0.1) is 6.58 Å². The van der Waals surface area contributed by atoms with Gasteiger partial charge in [-0.2, -0.15) is 0 Å². The molecule has 0 spiro atoms. The van der Waals surface area contributed by atoms with Crippen molar-refractivity contribution in [1.82, 2.24) is 4.57 Å². The van der Waals surface area contributed by atoms with Gasteiger partial charge < -0.3 is 18.9 Å². The van der Waals surface area contributed by atoms with Gasteiger partial charge in [-0.1, -0.05) is 69.7 Å². The minimum Gasteiger partial charge on any atom is -0.493 e. The number of allylic oxidation sites excluding steroid dienone is 2. The number of carbonyl (C=O) groups is 1. The van der Waals surface area contributed by atoms with Crippen LogP contribution in [0.25, 0.3) is 6.08 Å². The molecule has 3 aromatic carbocycles. The van der Waals surface area contributed by atoms with Gasteiger partial charge in [0.1, 0.15) is 12.4 Å². The van der Waals surface area contributed by atoms with E-state index < -0.39 is 12.0 Å². The standard InChI is InChI=1S/C35H33BrN2O6S/c1-6-11-24-16-23(14-15-27(24)44-20-22-12-9-8-10-13-22)17-30-33(39)38-32(25-18-28(41-4)29(42-5)19-26(25)36)31(34(40)43-7-2)21(3)37-35(38)45-30/h6,8-10,12-19,32H,1,7,11,20H2,2-5H3/b30-17+/t32-/m0/s1. The molecule has 4 aromatic rings. The van der Waals surface area contributed by atoms with E-state index >= 15 is 0 Å². The fraction of sp³-hybridized carbons (Fsp3) is 0.229. The number of rotatable bonds is 11. The molecule has 0 amide bonds. The van der Waals surface area contributed by atoms with E-state index in [0.29, 0.717) is 49.6 Å². The summed E-state index contributed by atoms with van der Waals surface area (Å²) in [5.74, 6) is 1.18. The fourth-order valence-electron chi connectivity index (χ4n) is 5.20. The van der Waals surface area contributed by atoms with Gasteiger partial charge in [-0.05, 0) is 72.9 Å². The molecule has 232 valence electrons. The number of carbonyl (C=O) groups excluding carboxylic acids is 1. The van der Waals surface area contributed by atoms with Crippen LogP contribution in [0.2, 0.25) is 0 Å². The molecule has 0 saturated heterocycles. The van der Waals surface area contributed by atoms with Gasteiger partial charge in [0.25, 0.3) is 5.56 Å². The number of benzene rings is 3. The van der Waals surface area contributed by atoms with Crippen LogP contribution in [0.5, 0.6) is 17.2 Å².